The van der Waals surface area contributed by atoms with E-state index in [0.29, 0.717) is 12.0 Å². The average Bonchev–Trinajstić information content (AvgIpc) is 2.39. The van der Waals surface area contributed by atoms with Gasteiger partial charge in [-0.1, -0.05) is 31.4 Å². The van der Waals surface area contributed by atoms with Gasteiger partial charge in [-0.15, -0.1) is 0 Å². The van der Waals surface area contributed by atoms with Gasteiger partial charge in [0.15, 0.2) is 0 Å². The molecule has 1 saturated carbocycles. The molecule has 1 aliphatic rings. The van der Waals surface area contributed by atoms with Gasteiger partial charge in [-0.05, 0) is 43.0 Å². The summed E-state index contributed by atoms with van der Waals surface area (Å²) < 4.78 is 5.95. The van der Waals surface area contributed by atoms with Crippen molar-refractivity contribution < 1.29 is 4.74 Å². The molecule has 2 rings (SSSR count). The first kappa shape index (κ1) is 13.7. The van der Waals surface area contributed by atoms with Crippen LogP contribution in [0.3, 0.4) is 0 Å². The number of rotatable bonds is 5. The molecule has 1 fully saturated rings. The van der Waals surface area contributed by atoms with Crippen molar-refractivity contribution in [1.29, 1.82) is 0 Å². The van der Waals surface area contributed by atoms with Gasteiger partial charge >= 0.3 is 0 Å². The lowest BCUT2D eigenvalue weighted by Gasteiger charge is -2.28. The molecular weight excluding hydrogens is 246 g/mol. The SMILES string of the molecule is CC1CCCCC1OCCNc1ccc(Cl)cc1. The first-order valence-corrected chi connectivity index (χ1v) is 7.24. The van der Waals surface area contributed by atoms with E-state index in [-0.39, 0.29) is 0 Å². The molecule has 18 heavy (non-hydrogen) atoms. The van der Waals surface area contributed by atoms with Crippen LogP contribution < -0.4 is 5.32 Å². The number of ether oxygens (including phenoxy) is 1. The lowest BCUT2D eigenvalue weighted by molar-refractivity contribution is 0.000393. The minimum Gasteiger partial charge on any atom is -0.383 e. The van der Waals surface area contributed by atoms with Gasteiger partial charge in [0.2, 0.25) is 0 Å². The Morgan fingerprint density at radius 3 is 2.67 bits per heavy atom. The maximum atomic E-state index is 5.95. The van der Waals surface area contributed by atoms with Crippen LogP contribution in [0.4, 0.5) is 5.69 Å². The summed E-state index contributed by atoms with van der Waals surface area (Å²) >= 11 is 5.84. The molecule has 1 N–H and O–H groups in total. The number of halogens is 1. The third-order valence-corrected chi connectivity index (χ3v) is 3.89. The lowest BCUT2D eigenvalue weighted by atomic mass is 9.88. The molecule has 2 atom stereocenters. The minimum atomic E-state index is 0.464. The highest BCUT2D eigenvalue weighted by atomic mass is 35.5. The molecule has 1 aromatic carbocycles. The summed E-state index contributed by atoms with van der Waals surface area (Å²) in [6, 6.07) is 7.78. The summed E-state index contributed by atoms with van der Waals surface area (Å²) in [7, 11) is 0. The van der Waals surface area contributed by atoms with E-state index in [1.807, 2.05) is 24.3 Å². The molecule has 0 aromatic heterocycles. The first-order valence-electron chi connectivity index (χ1n) is 6.87. The van der Waals surface area contributed by atoms with E-state index in [9.17, 15) is 0 Å². The number of benzene rings is 1. The van der Waals surface area contributed by atoms with Gasteiger partial charge in [0, 0.05) is 17.3 Å². The van der Waals surface area contributed by atoms with E-state index < -0.39 is 0 Å². The summed E-state index contributed by atoms with van der Waals surface area (Å²) in [5.74, 6) is 0.717. The Labute approximate surface area is 115 Å². The van der Waals surface area contributed by atoms with Crippen molar-refractivity contribution in [2.24, 2.45) is 5.92 Å². The topological polar surface area (TPSA) is 21.3 Å². The van der Waals surface area contributed by atoms with Gasteiger partial charge in [-0.2, -0.15) is 0 Å². The summed E-state index contributed by atoms with van der Waals surface area (Å²) in [5.41, 5.74) is 1.10. The third-order valence-electron chi connectivity index (χ3n) is 3.64. The largest absolute Gasteiger partial charge is 0.383 e. The lowest BCUT2D eigenvalue weighted by Crippen LogP contribution is -2.27. The van der Waals surface area contributed by atoms with Crippen LogP contribution in [0.1, 0.15) is 32.6 Å². The van der Waals surface area contributed by atoms with Crippen LogP contribution in [0.5, 0.6) is 0 Å². The monoisotopic (exact) mass is 267 g/mol. The molecule has 0 aliphatic heterocycles. The quantitative estimate of drug-likeness (QED) is 0.801. The zero-order chi connectivity index (χ0) is 12.8. The normalized spacial score (nSPS) is 23.9. The summed E-state index contributed by atoms with van der Waals surface area (Å²) in [6.07, 6.45) is 5.69. The Hall–Kier alpha value is -0.730. The molecule has 1 aliphatic carbocycles. The Balaban J connectivity index is 1.65. The van der Waals surface area contributed by atoms with Crippen LogP contribution in [0.25, 0.3) is 0 Å². The van der Waals surface area contributed by atoms with E-state index in [2.05, 4.69) is 12.2 Å². The second kappa shape index (κ2) is 7.01. The van der Waals surface area contributed by atoms with Crippen LogP contribution in [0.2, 0.25) is 5.02 Å². The molecule has 0 heterocycles. The standard InChI is InChI=1S/C15H22ClNO/c1-12-4-2-3-5-15(12)18-11-10-17-14-8-6-13(16)7-9-14/h6-9,12,15,17H,2-5,10-11H2,1H3. The predicted octanol–water partition coefficient (Wildman–Crippen LogP) is 4.35. The van der Waals surface area contributed by atoms with E-state index in [0.717, 1.165) is 23.9 Å². The maximum absolute atomic E-state index is 5.95. The van der Waals surface area contributed by atoms with Gasteiger partial charge in [0.1, 0.15) is 0 Å². The van der Waals surface area contributed by atoms with Gasteiger partial charge in [0.25, 0.3) is 0 Å². The Bertz CT molecular complexity index is 352. The molecule has 0 amide bonds. The van der Waals surface area contributed by atoms with E-state index in [1.54, 1.807) is 0 Å². The Morgan fingerprint density at radius 1 is 1.22 bits per heavy atom. The van der Waals surface area contributed by atoms with E-state index >= 15 is 0 Å². The zero-order valence-corrected chi connectivity index (χ0v) is 11.7. The fraction of sp³-hybridized carbons (Fsp3) is 0.600. The summed E-state index contributed by atoms with van der Waals surface area (Å²) in [4.78, 5) is 0. The van der Waals surface area contributed by atoms with Crippen molar-refractivity contribution in [1.82, 2.24) is 0 Å². The van der Waals surface area contributed by atoms with E-state index in [4.69, 9.17) is 16.3 Å². The number of nitrogens with one attached hydrogen (secondary N) is 1. The molecule has 2 unspecified atom stereocenters. The number of hydrogen-bond donors (Lipinski definition) is 1. The van der Waals surface area contributed by atoms with Crippen LogP contribution in [-0.4, -0.2) is 19.3 Å². The maximum Gasteiger partial charge on any atom is 0.0642 e. The Kier molecular flexibility index (Phi) is 5.33. The summed E-state index contributed by atoms with van der Waals surface area (Å²) in [5, 5.41) is 4.11. The van der Waals surface area contributed by atoms with E-state index in [1.165, 1.54) is 25.7 Å². The third kappa shape index (κ3) is 4.18. The Morgan fingerprint density at radius 2 is 1.94 bits per heavy atom. The highest BCUT2D eigenvalue weighted by Crippen LogP contribution is 2.26. The van der Waals surface area contributed by atoms with Crippen molar-refractivity contribution in [3.05, 3.63) is 29.3 Å². The van der Waals surface area contributed by atoms with Crippen molar-refractivity contribution in [2.75, 3.05) is 18.5 Å². The highest BCUT2D eigenvalue weighted by molar-refractivity contribution is 6.30. The van der Waals surface area contributed by atoms with Gasteiger partial charge < -0.3 is 10.1 Å². The molecule has 0 saturated heterocycles. The average molecular weight is 268 g/mol. The van der Waals surface area contributed by atoms with Crippen LogP contribution in [0, 0.1) is 5.92 Å². The molecule has 1 aromatic rings. The number of anilines is 1. The molecule has 100 valence electrons. The molecule has 0 bridgehead atoms. The molecule has 3 heteroatoms. The fourth-order valence-corrected chi connectivity index (χ4v) is 2.63. The van der Waals surface area contributed by atoms with Gasteiger partial charge in [0.05, 0.1) is 12.7 Å². The summed E-state index contributed by atoms with van der Waals surface area (Å²) in [6.45, 7) is 3.93. The minimum absolute atomic E-state index is 0.464. The van der Waals surface area contributed by atoms with Gasteiger partial charge in [-0.25, -0.2) is 0 Å². The highest BCUT2D eigenvalue weighted by Gasteiger charge is 2.21. The fourth-order valence-electron chi connectivity index (χ4n) is 2.50. The van der Waals surface area contributed by atoms with Crippen LogP contribution >= 0.6 is 11.6 Å². The smallest absolute Gasteiger partial charge is 0.0642 e. The first-order chi connectivity index (χ1) is 8.75. The van der Waals surface area contributed by atoms with Crippen molar-refractivity contribution in [3.63, 3.8) is 0 Å². The molecular formula is C15H22ClNO. The van der Waals surface area contributed by atoms with Crippen LogP contribution in [0.15, 0.2) is 24.3 Å². The van der Waals surface area contributed by atoms with Crippen molar-refractivity contribution in [2.45, 2.75) is 38.7 Å². The number of hydrogen-bond acceptors (Lipinski definition) is 2. The molecule has 0 radical (unpaired) electrons. The van der Waals surface area contributed by atoms with Crippen molar-refractivity contribution >= 4 is 17.3 Å². The van der Waals surface area contributed by atoms with Crippen LogP contribution in [-0.2, 0) is 4.74 Å². The second-order valence-electron chi connectivity index (χ2n) is 5.10. The zero-order valence-electron chi connectivity index (χ0n) is 11.0. The van der Waals surface area contributed by atoms with Crippen molar-refractivity contribution in [3.8, 4) is 0 Å². The second-order valence-corrected chi connectivity index (χ2v) is 5.54. The predicted molar refractivity (Wildman–Crippen MR) is 77.3 cm³/mol. The van der Waals surface area contributed by atoms with Gasteiger partial charge in [-0.3, -0.25) is 0 Å². The molecule has 0 spiro atoms. The molecule has 2 nitrogen and oxygen atoms in total.